The Hall–Kier alpha value is -2.24. The number of carbonyl (C=O) groups excluding carboxylic acids is 2. The quantitative estimate of drug-likeness (QED) is 0.148. The number of carbonyl (C=O) groups is 2. The van der Waals surface area contributed by atoms with Crippen LogP contribution in [-0.2, 0) is 22.4 Å². The van der Waals surface area contributed by atoms with Gasteiger partial charge >= 0.3 is 6.09 Å². The summed E-state index contributed by atoms with van der Waals surface area (Å²) >= 11 is 28.3. The highest BCUT2D eigenvalue weighted by Gasteiger charge is 2.49. The van der Waals surface area contributed by atoms with E-state index < -0.39 is 21.5 Å². The van der Waals surface area contributed by atoms with Crippen molar-refractivity contribution in [3.05, 3.63) is 104 Å². The summed E-state index contributed by atoms with van der Waals surface area (Å²) in [6.45, 7) is 6.26. The Morgan fingerprint density at radius 1 is 1.08 bits per heavy atom. The second kappa shape index (κ2) is 17.7. The van der Waals surface area contributed by atoms with Crippen molar-refractivity contribution >= 4 is 92.3 Å². The SMILES string of the molecule is CC(Cc1ccccc1Cl)NC(=O)C1=C(c2ccc(CCCOc3cc(F)ccc3Br)cc2)CC2CNC[C@H]1N2C(=O)OC(C)(C)C(Cl)(Cl)Cl.Cl. The predicted molar refractivity (Wildman–Crippen MR) is 209 cm³/mol. The molecule has 7 nitrogen and oxygen atoms in total. The number of halogens is 7. The number of alkyl halides is 3. The largest absolute Gasteiger partial charge is 0.492 e. The van der Waals surface area contributed by atoms with Gasteiger partial charge < -0.3 is 20.1 Å². The maximum absolute atomic E-state index is 14.3. The van der Waals surface area contributed by atoms with E-state index in [2.05, 4.69) is 26.6 Å². The summed E-state index contributed by atoms with van der Waals surface area (Å²) in [7, 11) is 0. The van der Waals surface area contributed by atoms with Crippen LogP contribution in [0, 0.1) is 5.82 Å². The van der Waals surface area contributed by atoms with Gasteiger partial charge in [-0.05, 0) is 103 Å². The van der Waals surface area contributed by atoms with Crippen LogP contribution < -0.4 is 15.4 Å². The topological polar surface area (TPSA) is 79.9 Å². The van der Waals surface area contributed by atoms with E-state index in [0.29, 0.717) is 53.4 Å². The van der Waals surface area contributed by atoms with Gasteiger partial charge in [-0.25, -0.2) is 9.18 Å². The highest BCUT2D eigenvalue weighted by atomic mass is 79.9. The molecule has 14 heteroatoms. The highest BCUT2D eigenvalue weighted by molar-refractivity contribution is 9.10. The molecule has 2 aliphatic rings. The van der Waals surface area contributed by atoms with Crippen LogP contribution in [0.1, 0.15) is 50.3 Å². The molecular formula is C37H40BrCl5FN3O4. The first-order chi connectivity index (χ1) is 23.6. The number of hydrogen-bond acceptors (Lipinski definition) is 5. The second-order valence-electron chi connectivity index (χ2n) is 13.1. The molecule has 2 aliphatic heterocycles. The van der Waals surface area contributed by atoms with E-state index in [4.69, 9.17) is 55.9 Å². The van der Waals surface area contributed by atoms with Gasteiger partial charge in [0.25, 0.3) is 0 Å². The number of rotatable bonds is 11. The molecule has 5 rings (SSSR count). The molecule has 3 aromatic rings. The Labute approximate surface area is 333 Å². The van der Waals surface area contributed by atoms with E-state index in [9.17, 15) is 14.0 Å². The van der Waals surface area contributed by atoms with Crippen molar-refractivity contribution in [2.24, 2.45) is 0 Å². The number of nitrogens with one attached hydrogen (secondary N) is 2. The van der Waals surface area contributed by atoms with Gasteiger partial charge in [-0.3, -0.25) is 9.69 Å². The fourth-order valence-corrected chi connectivity index (χ4v) is 6.92. The Kier molecular flexibility index (Phi) is 14.4. The molecular weight excluding hydrogens is 827 g/mol. The Balaban J connectivity index is 0.00000583. The number of aryl methyl sites for hydroxylation is 1. The van der Waals surface area contributed by atoms with Crippen LogP contribution in [0.4, 0.5) is 9.18 Å². The van der Waals surface area contributed by atoms with Crippen LogP contribution in [0.2, 0.25) is 5.02 Å². The number of amides is 2. The fourth-order valence-electron chi connectivity index (χ4n) is 6.23. The van der Waals surface area contributed by atoms with Crippen LogP contribution in [0.15, 0.2) is 76.8 Å². The smallest absolute Gasteiger partial charge is 0.411 e. The van der Waals surface area contributed by atoms with Gasteiger partial charge in [0, 0.05) is 35.8 Å². The first kappa shape index (κ1) is 41.5. The molecule has 3 aromatic carbocycles. The lowest BCUT2D eigenvalue weighted by atomic mass is 9.82. The minimum Gasteiger partial charge on any atom is -0.492 e. The molecule has 1 saturated heterocycles. The number of fused-ring (bicyclic) bond motifs is 2. The van der Waals surface area contributed by atoms with E-state index >= 15 is 0 Å². The summed E-state index contributed by atoms with van der Waals surface area (Å²) in [5.74, 6) is -0.175. The number of ether oxygens (including phenoxy) is 2. The molecule has 0 aromatic heterocycles. The van der Waals surface area contributed by atoms with Crippen LogP contribution in [0.5, 0.6) is 5.75 Å². The van der Waals surface area contributed by atoms with E-state index in [1.54, 1.807) is 11.0 Å². The highest BCUT2D eigenvalue weighted by Crippen LogP contribution is 2.42. The molecule has 2 heterocycles. The number of piperazine rings is 1. The van der Waals surface area contributed by atoms with Crippen molar-refractivity contribution in [1.82, 2.24) is 15.5 Å². The van der Waals surface area contributed by atoms with Gasteiger partial charge in [-0.1, -0.05) is 88.9 Å². The maximum Gasteiger partial charge on any atom is 0.411 e. The molecule has 0 spiro atoms. The summed E-state index contributed by atoms with van der Waals surface area (Å²) in [5, 5.41) is 7.17. The van der Waals surface area contributed by atoms with Crippen LogP contribution >= 0.6 is 74.7 Å². The van der Waals surface area contributed by atoms with Gasteiger partial charge in [-0.2, -0.15) is 0 Å². The number of benzene rings is 3. The second-order valence-corrected chi connectivity index (χ2v) is 16.6. The van der Waals surface area contributed by atoms with Crippen molar-refractivity contribution in [2.75, 3.05) is 19.7 Å². The van der Waals surface area contributed by atoms with E-state index in [1.807, 2.05) is 55.5 Å². The van der Waals surface area contributed by atoms with Crippen LogP contribution in [0.3, 0.4) is 0 Å². The zero-order chi connectivity index (χ0) is 36.2. The summed E-state index contributed by atoms with van der Waals surface area (Å²) < 4.78 is 24.0. The summed E-state index contributed by atoms with van der Waals surface area (Å²) in [4.78, 5) is 29.7. The van der Waals surface area contributed by atoms with Gasteiger partial charge in [0.1, 0.15) is 11.6 Å². The third-order valence-corrected chi connectivity index (χ3v) is 11.3. The molecule has 2 amide bonds. The van der Waals surface area contributed by atoms with Gasteiger partial charge in [0.2, 0.25) is 9.70 Å². The van der Waals surface area contributed by atoms with Gasteiger partial charge in [-0.15, -0.1) is 12.4 Å². The Morgan fingerprint density at radius 2 is 1.78 bits per heavy atom. The minimum atomic E-state index is -1.87. The summed E-state index contributed by atoms with van der Waals surface area (Å²) in [6, 6.07) is 18.8. The maximum atomic E-state index is 14.3. The summed E-state index contributed by atoms with van der Waals surface area (Å²) in [5.41, 5.74) is 2.81. The minimum absolute atomic E-state index is 0. The lowest BCUT2D eigenvalue weighted by Gasteiger charge is -2.48. The normalized spacial score (nSPS) is 18.1. The van der Waals surface area contributed by atoms with E-state index in [1.165, 1.54) is 26.0 Å². The van der Waals surface area contributed by atoms with E-state index in [-0.39, 0.29) is 36.2 Å². The Bertz CT molecular complexity index is 1740. The number of nitrogens with zero attached hydrogens (tertiary/aromatic N) is 1. The fraction of sp³-hybridized carbons (Fsp3) is 0.405. The lowest BCUT2D eigenvalue weighted by molar-refractivity contribution is -0.119. The zero-order valence-corrected chi connectivity index (χ0v) is 33.7. The first-order valence-corrected chi connectivity index (χ1v) is 18.7. The van der Waals surface area contributed by atoms with Crippen molar-refractivity contribution in [3.63, 3.8) is 0 Å². The Morgan fingerprint density at radius 3 is 2.47 bits per heavy atom. The zero-order valence-electron chi connectivity index (χ0n) is 28.3. The average Bonchev–Trinajstić information content (AvgIpc) is 3.04. The monoisotopic (exact) mass is 863 g/mol. The standard InChI is InChI=1S/C37H39BrCl4FN3O4.ClH/c1-22(17-25-8-4-5-9-30(25)39)45-34(47)33-28(19-27-20-44-21-31(33)46(27)35(48)50-36(2,3)37(40,41)42)24-12-10-23(11-13-24)7-6-16-49-32-18-26(43)14-15-29(32)38;/h4-5,8-15,18,22,27,31,44H,6-7,16-17,19-21H2,1-3H3,(H,45,47);1H/t22?,27?,31-;/m1./s1. The molecule has 0 saturated carbocycles. The third kappa shape index (κ3) is 10.3. The molecule has 0 aliphatic carbocycles. The predicted octanol–water partition coefficient (Wildman–Crippen LogP) is 9.51. The van der Waals surface area contributed by atoms with E-state index in [0.717, 1.165) is 35.1 Å². The molecule has 2 bridgehead atoms. The van der Waals surface area contributed by atoms with Crippen molar-refractivity contribution in [1.29, 1.82) is 0 Å². The molecule has 1 fully saturated rings. The van der Waals surface area contributed by atoms with Crippen molar-refractivity contribution in [3.8, 4) is 5.75 Å². The molecule has 51 heavy (non-hydrogen) atoms. The van der Waals surface area contributed by atoms with Crippen molar-refractivity contribution < 1.29 is 23.5 Å². The third-order valence-electron chi connectivity index (χ3n) is 8.95. The molecule has 3 atom stereocenters. The lowest BCUT2D eigenvalue weighted by Crippen LogP contribution is -2.64. The van der Waals surface area contributed by atoms with Gasteiger partial charge in [0.15, 0.2) is 5.60 Å². The number of hydrogen-bond donors (Lipinski definition) is 2. The molecule has 0 radical (unpaired) electrons. The molecule has 2 N–H and O–H groups in total. The van der Waals surface area contributed by atoms with Crippen LogP contribution in [0.25, 0.3) is 5.57 Å². The van der Waals surface area contributed by atoms with Crippen molar-refractivity contribution in [2.45, 2.75) is 74.0 Å². The van der Waals surface area contributed by atoms with Gasteiger partial charge in [0.05, 0.1) is 23.2 Å². The molecule has 276 valence electrons. The first-order valence-electron chi connectivity index (χ1n) is 16.4. The van der Waals surface area contributed by atoms with Crippen LogP contribution in [-0.4, -0.2) is 64.1 Å². The average molecular weight is 867 g/mol. The summed E-state index contributed by atoms with van der Waals surface area (Å²) in [6.07, 6.45) is 1.74. The molecule has 2 unspecified atom stereocenters.